The third-order valence-electron chi connectivity index (χ3n) is 4.20. The van der Waals surface area contributed by atoms with E-state index in [1.165, 1.54) is 7.11 Å². The molecule has 0 unspecified atom stereocenters. The normalized spacial score (nSPS) is 11.1. The molecule has 0 N–H and O–H groups in total. The Morgan fingerprint density at radius 3 is 2.62 bits per heavy atom. The minimum absolute atomic E-state index is 0.336. The zero-order valence-electron chi connectivity index (χ0n) is 13.5. The Kier molecular flexibility index (Phi) is 3.31. The molecule has 2 aromatic rings. The Labute approximate surface area is 139 Å². The number of nitrogens with zero attached hydrogens (tertiary/aromatic N) is 2. The van der Waals surface area contributed by atoms with Crippen molar-refractivity contribution >= 4 is 11.6 Å². The lowest BCUT2D eigenvalue weighted by atomic mass is 10.1. The highest BCUT2D eigenvalue weighted by Gasteiger charge is 2.22. The first-order valence-corrected chi connectivity index (χ1v) is 7.73. The van der Waals surface area contributed by atoms with Crippen LogP contribution in [0.5, 0.6) is 0 Å². The van der Waals surface area contributed by atoms with Crippen LogP contribution in [-0.4, -0.2) is 22.5 Å². The van der Waals surface area contributed by atoms with Gasteiger partial charge in [-0.2, -0.15) is 0 Å². The topological polar surface area (TPSA) is 43.6 Å². The largest absolute Gasteiger partial charge is 0.465 e. The number of hydrogen-bond donors (Lipinski definition) is 0. The average Bonchev–Trinajstić information content (AvgIpc) is 3.06. The van der Waals surface area contributed by atoms with Gasteiger partial charge in [0.05, 0.1) is 18.4 Å². The molecule has 2 aliphatic carbocycles. The van der Waals surface area contributed by atoms with Crippen molar-refractivity contribution in [3.8, 4) is 22.4 Å². The van der Waals surface area contributed by atoms with Crippen LogP contribution in [0.1, 0.15) is 15.9 Å². The second kappa shape index (κ2) is 5.49. The summed E-state index contributed by atoms with van der Waals surface area (Å²) in [6.45, 7) is 2.04. The number of rotatable bonds is 2. The molecule has 0 saturated heterocycles. The molecule has 4 rings (SSSR count). The summed E-state index contributed by atoms with van der Waals surface area (Å²) in [5.41, 5.74) is 6.24. The summed E-state index contributed by atoms with van der Waals surface area (Å²) in [6.07, 6.45) is 3.98. The van der Waals surface area contributed by atoms with E-state index in [1.54, 1.807) is 0 Å². The highest BCUT2D eigenvalue weighted by molar-refractivity contribution is 6.04. The molecule has 0 aliphatic heterocycles. The highest BCUT2D eigenvalue weighted by Crippen LogP contribution is 2.38. The molecule has 0 aromatic carbocycles. The molecule has 118 valence electrons. The minimum Gasteiger partial charge on any atom is -0.465 e. The number of aromatic nitrogens is 2. The molecule has 2 heterocycles. The van der Waals surface area contributed by atoms with Crippen LogP contribution in [0.25, 0.3) is 28.0 Å². The van der Waals surface area contributed by atoms with Crippen molar-refractivity contribution in [1.82, 2.24) is 9.38 Å². The summed E-state index contributed by atoms with van der Waals surface area (Å²) in [7, 11) is 1.40. The van der Waals surface area contributed by atoms with Crippen LogP contribution in [-0.2, 0) is 4.74 Å². The number of hydrogen-bond acceptors (Lipinski definition) is 3. The Morgan fingerprint density at radius 1 is 1.04 bits per heavy atom. The van der Waals surface area contributed by atoms with Gasteiger partial charge in [0.1, 0.15) is 5.65 Å². The molecule has 4 heteroatoms. The molecule has 0 radical (unpaired) electrons. The Hall–Kier alpha value is -3.14. The van der Waals surface area contributed by atoms with E-state index >= 15 is 0 Å². The quantitative estimate of drug-likeness (QED) is 0.521. The van der Waals surface area contributed by atoms with Gasteiger partial charge in [0, 0.05) is 18.0 Å². The maximum atomic E-state index is 12.1. The molecular weight excluding hydrogens is 300 g/mol. The summed E-state index contributed by atoms with van der Waals surface area (Å²) in [5.74, 6) is -0.336. The molecule has 0 fully saturated rings. The standard InChI is InChI=1S/C20H16N2O2/c1-13-8-9-22-12-18(21-19(22)10-13)16-11-17(20(23)24-2)15-7-5-3-4-6-14(15)16/h3-12H,1-2H3. The lowest BCUT2D eigenvalue weighted by Crippen LogP contribution is -1.99. The van der Waals surface area contributed by atoms with E-state index in [1.807, 2.05) is 72.2 Å². The van der Waals surface area contributed by atoms with Gasteiger partial charge in [0.25, 0.3) is 0 Å². The molecule has 0 amide bonds. The van der Waals surface area contributed by atoms with Gasteiger partial charge in [-0.05, 0) is 41.8 Å². The van der Waals surface area contributed by atoms with Crippen LogP contribution in [0.15, 0.2) is 60.9 Å². The van der Waals surface area contributed by atoms with Crippen LogP contribution < -0.4 is 0 Å². The van der Waals surface area contributed by atoms with Crippen molar-refractivity contribution in [2.24, 2.45) is 0 Å². The first-order valence-electron chi connectivity index (χ1n) is 7.73. The number of carbonyl (C=O) groups is 1. The molecule has 24 heavy (non-hydrogen) atoms. The number of carbonyl (C=O) groups excluding carboxylic acids is 1. The molecule has 0 saturated carbocycles. The van der Waals surface area contributed by atoms with Gasteiger partial charge in [0.2, 0.25) is 0 Å². The fraction of sp³-hybridized carbons (Fsp3) is 0.100. The molecule has 0 spiro atoms. The lowest BCUT2D eigenvalue weighted by molar-refractivity contribution is 0.0602. The summed E-state index contributed by atoms with van der Waals surface area (Å²) >= 11 is 0. The molecule has 0 atom stereocenters. The number of methoxy groups -OCH3 is 1. The summed E-state index contributed by atoms with van der Waals surface area (Å²) in [6, 6.07) is 15.7. The van der Waals surface area contributed by atoms with Gasteiger partial charge >= 0.3 is 5.97 Å². The van der Waals surface area contributed by atoms with Crippen molar-refractivity contribution < 1.29 is 9.53 Å². The number of ether oxygens (including phenoxy) is 1. The van der Waals surface area contributed by atoms with Crippen LogP contribution in [0.4, 0.5) is 0 Å². The van der Waals surface area contributed by atoms with E-state index in [0.717, 1.165) is 33.6 Å². The third-order valence-corrected chi connectivity index (χ3v) is 4.20. The predicted molar refractivity (Wildman–Crippen MR) is 93.3 cm³/mol. The fourth-order valence-electron chi connectivity index (χ4n) is 3.02. The zero-order valence-corrected chi connectivity index (χ0v) is 13.5. The number of imidazole rings is 1. The molecule has 2 aromatic heterocycles. The predicted octanol–water partition coefficient (Wildman–Crippen LogP) is 4.20. The van der Waals surface area contributed by atoms with Crippen molar-refractivity contribution in [3.05, 3.63) is 72.1 Å². The maximum absolute atomic E-state index is 12.1. The Balaban J connectivity index is 1.97. The van der Waals surface area contributed by atoms with E-state index in [4.69, 9.17) is 9.72 Å². The molecular formula is C20H16N2O2. The second-order valence-corrected chi connectivity index (χ2v) is 5.80. The smallest absolute Gasteiger partial charge is 0.338 e. The average molecular weight is 316 g/mol. The summed E-state index contributed by atoms with van der Waals surface area (Å²) in [4.78, 5) is 16.9. The van der Waals surface area contributed by atoms with Crippen molar-refractivity contribution in [3.63, 3.8) is 0 Å². The van der Waals surface area contributed by atoms with Gasteiger partial charge in [0.15, 0.2) is 0 Å². The van der Waals surface area contributed by atoms with Gasteiger partial charge < -0.3 is 9.14 Å². The lowest BCUT2D eigenvalue weighted by Gasteiger charge is -1.99. The number of aryl methyl sites for hydroxylation is 1. The van der Waals surface area contributed by atoms with E-state index in [9.17, 15) is 4.79 Å². The first kappa shape index (κ1) is 14.5. The van der Waals surface area contributed by atoms with E-state index in [0.29, 0.717) is 5.56 Å². The van der Waals surface area contributed by atoms with E-state index in [2.05, 4.69) is 0 Å². The van der Waals surface area contributed by atoms with Crippen molar-refractivity contribution in [1.29, 1.82) is 0 Å². The fourth-order valence-corrected chi connectivity index (χ4v) is 3.02. The molecule has 4 nitrogen and oxygen atoms in total. The minimum atomic E-state index is -0.336. The Bertz CT molecular complexity index is 1030. The number of fused-ring (bicyclic) bond motifs is 2. The third kappa shape index (κ3) is 2.24. The molecule has 0 bridgehead atoms. The summed E-state index contributed by atoms with van der Waals surface area (Å²) in [5, 5.41) is 0. The number of pyridine rings is 1. The molecule has 2 aliphatic rings. The maximum Gasteiger partial charge on any atom is 0.338 e. The van der Waals surface area contributed by atoms with Crippen LogP contribution in [0.2, 0.25) is 0 Å². The van der Waals surface area contributed by atoms with Gasteiger partial charge in [-0.15, -0.1) is 0 Å². The van der Waals surface area contributed by atoms with Crippen LogP contribution in [0, 0.1) is 6.92 Å². The van der Waals surface area contributed by atoms with Gasteiger partial charge in [-0.25, -0.2) is 9.78 Å². The summed E-state index contributed by atoms with van der Waals surface area (Å²) < 4.78 is 6.92. The van der Waals surface area contributed by atoms with Crippen LogP contribution in [0.3, 0.4) is 0 Å². The Morgan fingerprint density at radius 2 is 1.83 bits per heavy atom. The van der Waals surface area contributed by atoms with Crippen molar-refractivity contribution in [2.45, 2.75) is 6.92 Å². The number of esters is 1. The highest BCUT2D eigenvalue weighted by atomic mass is 16.5. The van der Waals surface area contributed by atoms with Gasteiger partial charge in [-0.3, -0.25) is 0 Å². The van der Waals surface area contributed by atoms with Crippen molar-refractivity contribution in [2.75, 3.05) is 7.11 Å². The van der Waals surface area contributed by atoms with Gasteiger partial charge in [-0.1, -0.05) is 30.3 Å². The van der Waals surface area contributed by atoms with Crippen LogP contribution >= 0.6 is 0 Å². The SMILES string of the molecule is COC(=O)c1cc(-c2cn3ccc(C)cc3n2)c2cccccc1-2. The zero-order chi connectivity index (χ0) is 16.7. The second-order valence-electron chi connectivity index (χ2n) is 5.80. The first-order chi connectivity index (χ1) is 11.7. The van der Waals surface area contributed by atoms with E-state index in [-0.39, 0.29) is 5.97 Å². The van der Waals surface area contributed by atoms with E-state index < -0.39 is 0 Å². The monoisotopic (exact) mass is 316 g/mol.